The molecule has 0 bridgehead atoms. The van der Waals surface area contributed by atoms with Crippen LogP contribution < -0.4 is 10.6 Å². The highest BCUT2D eigenvalue weighted by atomic mass is 32.1. The Kier molecular flexibility index (Phi) is 4.64. The standard InChI is InChI=1S/C14H19N3O3S/c1-9-10(2)20-12(17-9)6-15-13(18)16-8-14(3,19)11-4-5-21-7-11/h4-5,7,19H,6,8H2,1-3H3,(H2,15,16,18). The van der Waals surface area contributed by atoms with Gasteiger partial charge in [0.2, 0.25) is 5.89 Å². The third-order valence-electron chi connectivity index (χ3n) is 3.21. The maximum Gasteiger partial charge on any atom is 0.315 e. The Labute approximate surface area is 127 Å². The van der Waals surface area contributed by atoms with Crippen LogP contribution in [0.5, 0.6) is 0 Å². The van der Waals surface area contributed by atoms with Gasteiger partial charge in [0.1, 0.15) is 11.4 Å². The van der Waals surface area contributed by atoms with Crippen molar-refractivity contribution in [2.24, 2.45) is 0 Å². The number of oxazole rings is 1. The number of amides is 2. The summed E-state index contributed by atoms with van der Waals surface area (Å²) >= 11 is 1.50. The molecule has 1 unspecified atom stereocenters. The Bertz CT molecular complexity index is 586. The summed E-state index contributed by atoms with van der Waals surface area (Å²) in [5, 5.41) is 19.3. The molecule has 6 nitrogen and oxygen atoms in total. The lowest BCUT2D eigenvalue weighted by molar-refractivity contribution is 0.0598. The Hall–Kier alpha value is -1.86. The van der Waals surface area contributed by atoms with Gasteiger partial charge in [-0.25, -0.2) is 9.78 Å². The van der Waals surface area contributed by atoms with Crippen molar-refractivity contribution in [3.05, 3.63) is 39.7 Å². The Morgan fingerprint density at radius 1 is 1.48 bits per heavy atom. The fraction of sp³-hybridized carbons (Fsp3) is 0.429. The second-order valence-electron chi connectivity index (χ2n) is 5.07. The summed E-state index contributed by atoms with van der Waals surface area (Å²) in [6.07, 6.45) is 0. The molecular weight excluding hydrogens is 290 g/mol. The van der Waals surface area contributed by atoms with E-state index in [2.05, 4.69) is 15.6 Å². The fourth-order valence-corrected chi connectivity index (χ4v) is 2.54. The molecule has 0 aliphatic carbocycles. The molecule has 1 atom stereocenters. The van der Waals surface area contributed by atoms with E-state index in [0.29, 0.717) is 5.89 Å². The van der Waals surface area contributed by atoms with Gasteiger partial charge in [-0.05, 0) is 43.2 Å². The number of thiophene rings is 1. The number of carbonyl (C=O) groups excluding carboxylic acids is 1. The quantitative estimate of drug-likeness (QED) is 0.789. The van der Waals surface area contributed by atoms with E-state index in [0.717, 1.165) is 17.0 Å². The van der Waals surface area contributed by atoms with Crippen LogP contribution in [0.1, 0.15) is 29.8 Å². The highest BCUT2D eigenvalue weighted by Crippen LogP contribution is 2.21. The van der Waals surface area contributed by atoms with Gasteiger partial charge in [-0.1, -0.05) is 0 Å². The van der Waals surface area contributed by atoms with Crippen molar-refractivity contribution in [3.8, 4) is 0 Å². The number of nitrogens with one attached hydrogen (secondary N) is 2. The zero-order chi connectivity index (χ0) is 15.5. The third kappa shape index (κ3) is 4.05. The van der Waals surface area contributed by atoms with Crippen LogP contribution in [0.25, 0.3) is 0 Å². The maximum absolute atomic E-state index is 11.7. The van der Waals surface area contributed by atoms with E-state index in [9.17, 15) is 9.90 Å². The zero-order valence-electron chi connectivity index (χ0n) is 12.3. The van der Waals surface area contributed by atoms with Gasteiger partial charge in [0, 0.05) is 0 Å². The first-order valence-corrected chi connectivity index (χ1v) is 7.52. The van der Waals surface area contributed by atoms with Crippen molar-refractivity contribution in [3.63, 3.8) is 0 Å². The number of nitrogens with zero attached hydrogens (tertiary/aromatic N) is 1. The second kappa shape index (κ2) is 6.28. The minimum Gasteiger partial charge on any atom is -0.444 e. The number of urea groups is 1. The molecule has 21 heavy (non-hydrogen) atoms. The summed E-state index contributed by atoms with van der Waals surface area (Å²) < 4.78 is 5.37. The van der Waals surface area contributed by atoms with Gasteiger partial charge in [0.05, 0.1) is 18.8 Å². The lowest BCUT2D eigenvalue weighted by atomic mass is 9.99. The number of carbonyl (C=O) groups is 1. The molecule has 0 spiro atoms. The molecule has 2 rings (SSSR count). The Morgan fingerprint density at radius 2 is 2.24 bits per heavy atom. The topological polar surface area (TPSA) is 87.4 Å². The summed E-state index contributed by atoms with van der Waals surface area (Å²) in [6, 6.07) is 1.46. The second-order valence-corrected chi connectivity index (χ2v) is 5.85. The molecule has 2 heterocycles. The number of aliphatic hydroxyl groups is 1. The van der Waals surface area contributed by atoms with Crippen LogP contribution >= 0.6 is 11.3 Å². The predicted octanol–water partition coefficient (Wildman–Crippen LogP) is 2.06. The molecule has 2 aromatic rings. The van der Waals surface area contributed by atoms with Gasteiger partial charge >= 0.3 is 6.03 Å². The van der Waals surface area contributed by atoms with E-state index in [-0.39, 0.29) is 19.1 Å². The van der Waals surface area contributed by atoms with Gasteiger partial charge in [-0.3, -0.25) is 0 Å². The van der Waals surface area contributed by atoms with E-state index in [4.69, 9.17) is 4.42 Å². The number of hydrogen-bond donors (Lipinski definition) is 3. The average Bonchev–Trinajstić information content (AvgIpc) is 3.06. The minimum absolute atomic E-state index is 0.124. The van der Waals surface area contributed by atoms with Crippen molar-refractivity contribution in [2.45, 2.75) is 32.9 Å². The van der Waals surface area contributed by atoms with E-state index in [1.807, 2.05) is 30.7 Å². The first-order chi connectivity index (χ1) is 9.88. The maximum atomic E-state index is 11.7. The molecule has 2 amide bonds. The largest absolute Gasteiger partial charge is 0.444 e. The summed E-state index contributed by atoms with van der Waals surface area (Å²) in [5.74, 6) is 1.21. The smallest absolute Gasteiger partial charge is 0.315 e. The molecule has 0 aromatic carbocycles. The van der Waals surface area contributed by atoms with Gasteiger partial charge in [0.25, 0.3) is 0 Å². The van der Waals surface area contributed by atoms with Crippen LogP contribution in [0.3, 0.4) is 0 Å². The van der Waals surface area contributed by atoms with Crippen molar-refractivity contribution in [1.29, 1.82) is 0 Å². The predicted molar refractivity (Wildman–Crippen MR) is 80.1 cm³/mol. The molecule has 0 aliphatic heterocycles. The number of aromatic nitrogens is 1. The number of aryl methyl sites for hydroxylation is 2. The van der Waals surface area contributed by atoms with E-state index in [1.54, 1.807) is 6.92 Å². The molecular formula is C14H19N3O3S. The monoisotopic (exact) mass is 309 g/mol. The number of hydrogen-bond acceptors (Lipinski definition) is 5. The van der Waals surface area contributed by atoms with Crippen LogP contribution in [-0.2, 0) is 12.1 Å². The lowest BCUT2D eigenvalue weighted by Crippen LogP contribution is -2.43. The van der Waals surface area contributed by atoms with E-state index < -0.39 is 5.60 Å². The van der Waals surface area contributed by atoms with Crippen LogP contribution in [0.2, 0.25) is 0 Å². The van der Waals surface area contributed by atoms with Crippen molar-refractivity contribution in [1.82, 2.24) is 15.6 Å². The molecule has 7 heteroatoms. The SMILES string of the molecule is Cc1nc(CNC(=O)NCC(C)(O)c2ccsc2)oc1C. The van der Waals surface area contributed by atoms with Crippen LogP contribution in [0.15, 0.2) is 21.2 Å². The Morgan fingerprint density at radius 3 is 2.81 bits per heavy atom. The molecule has 0 radical (unpaired) electrons. The summed E-state index contributed by atoms with van der Waals surface area (Å²) in [6.45, 7) is 5.67. The lowest BCUT2D eigenvalue weighted by Gasteiger charge is -2.22. The minimum atomic E-state index is -1.09. The van der Waals surface area contributed by atoms with Crippen LogP contribution in [0.4, 0.5) is 4.79 Å². The van der Waals surface area contributed by atoms with Crippen LogP contribution in [-0.4, -0.2) is 22.7 Å². The molecule has 3 N–H and O–H groups in total. The number of rotatable bonds is 5. The first-order valence-electron chi connectivity index (χ1n) is 6.58. The highest BCUT2D eigenvalue weighted by molar-refractivity contribution is 7.08. The normalized spacial score (nSPS) is 13.7. The average molecular weight is 309 g/mol. The van der Waals surface area contributed by atoms with Gasteiger partial charge in [0.15, 0.2) is 0 Å². The van der Waals surface area contributed by atoms with Crippen LogP contribution in [0, 0.1) is 13.8 Å². The molecule has 0 aliphatic rings. The van der Waals surface area contributed by atoms with Crippen molar-refractivity contribution >= 4 is 17.4 Å². The third-order valence-corrected chi connectivity index (χ3v) is 3.89. The summed E-state index contributed by atoms with van der Waals surface area (Å²) in [7, 11) is 0. The molecule has 0 saturated carbocycles. The molecule has 114 valence electrons. The molecule has 2 aromatic heterocycles. The van der Waals surface area contributed by atoms with Crippen molar-refractivity contribution in [2.75, 3.05) is 6.54 Å². The van der Waals surface area contributed by atoms with Gasteiger partial charge in [-0.15, -0.1) is 0 Å². The molecule has 0 saturated heterocycles. The van der Waals surface area contributed by atoms with Crippen molar-refractivity contribution < 1.29 is 14.3 Å². The van der Waals surface area contributed by atoms with Gasteiger partial charge in [-0.2, -0.15) is 11.3 Å². The van der Waals surface area contributed by atoms with E-state index >= 15 is 0 Å². The summed E-state index contributed by atoms with van der Waals surface area (Å²) in [5.41, 5.74) is 0.507. The Balaban J connectivity index is 1.80. The zero-order valence-corrected chi connectivity index (χ0v) is 13.1. The molecule has 0 fully saturated rings. The fourth-order valence-electron chi connectivity index (χ4n) is 1.76. The van der Waals surface area contributed by atoms with Gasteiger partial charge < -0.3 is 20.2 Å². The van der Waals surface area contributed by atoms with E-state index in [1.165, 1.54) is 11.3 Å². The summed E-state index contributed by atoms with van der Waals surface area (Å²) in [4.78, 5) is 15.9. The highest BCUT2D eigenvalue weighted by Gasteiger charge is 2.24. The first kappa shape index (κ1) is 15.5.